The average Bonchev–Trinajstić information content (AvgIpc) is 2.89. The molecule has 0 aliphatic carbocycles. The topological polar surface area (TPSA) is 88.4 Å². The number of benzene rings is 1. The SMILES string of the molecule is CC(C)(C)NS(=O)(=O)c1ccc(C(=O)Nc2ccc(Br)cc2Br)o1. The highest BCUT2D eigenvalue weighted by molar-refractivity contribution is 9.11. The van der Waals surface area contributed by atoms with Gasteiger partial charge in [-0.2, -0.15) is 0 Å². The summed E-state index contributed by atoms with van der Waals surface area (Å²) in [5.41, 5.74) is -0.118. The molecular formula is C15H16Br2N2O4S. The molecule has 2 N–H and O–H groups in total. The van der Waals surface area contributed by atoms with Crippen LogP contribution in [0.1, 0.15) is 31.3 Å². The van der Waals surface area contributed by atoms with Crippen LogP contribution < -0.4 is 10.0 Å². The van der Waals surface area contributed by atoms with E-state index < -0.39 is 21.5 Å². The summed E-state index contributed by atoms with van der Waals surface area (Å²) in [5.74, 6) is -0.644. The van der Waals surface area contributed by atoms with Crippen LogP contribution in [0, 0.1) is 0 Å². The van der Waals surface area contributed by atoms with Crippen LogP contribution in [0.4, 0.5) is 5.69 Å². The number of carbonyl (C=O) groups excluding carboxylic acids is 1. The van der Waals surface area contributed by atoms with E-state index in [1.807, 2.05) is 0 Å². The van der Waals surface area contributed by atoms with Crippen LogP contribution in [0.3, 0.4) is 0 Å². The summed E-state index contributed by atoms with van der Waals surface area (Å²) in [5, 5.41) is 2.34. The van der Waals surface area contributed by atoms with Gasteiger partial charge in [0.25, 0.3) is 15.9 Å². The number of anilines is 1. The molecule has 0 bridgehead atoms. The Hall–Kier alpha value is -1.16. The fourth-order valence-corrected chi connectivity index (χ4v) is 4.31. The van der Waals surface area contributed by atoms with Gasteiger partial charge in [-0.25, -0.2) is 13.1 Å². The lowest BCUT2D eigenvalue weighted by molar-refractivity contribution is 0.0991. The minimum absolute atomic E-state index is 0.0981. The van der Waals surface area contributed by atoms with Crippen molar-refractivity contribution in [2.75, 3.05) is 5.32 Å². The molecule has 0 aliphatic heterocycles. The van der Waals surface area contributed by atoms with Gasteiger partial charge in [0, 0.05) is 14.5 Å². The van der Waals surface area contributed by atoms with Gasteiger partial charge < -0.3 is 9.73 Å². The van der Waals surface area contributed by atoms with Gasteiger partial charge in [0.05, 0.1) is 5.69 Å². The number of sulfonamides is 1. The molecule has 1 heterocycles. The van der Waals surface area contributed by atoms with Gasteiger partial charge in [0.2, 0.25) is 5.09 Å². The number of carbonyl (C=O) groups is 1. The molecule has 6 nitrogen and oxygen atoms in total. The van der Waals surface area contributed by atoms with Crippen LogP contribution in [-0.4, -0.2) is 19.9 Å². The third-order valence-electron chi connectivity index (χ3n) is 2.69. The summed E-state index contributed by atoms with van der Waals surface area (Å²) in [6.45, 7) is 5.14. The number of amides is 1. The maximum absolute atomic E-state index is 12.2. The highest BCUT2D eigenvalue weighted by Gasteiger charge is 2.26. The van der Waals surface area contributed by atoms with Gasteiger partial charge in [-0.15, -0.1) is 0 Å². The van der Waals surface area contributed by atoms with Crippen molar-refractivity contribution in [1.82, 2.24) is 4.72 Å². The molecule has 0 fully saturated rings. The van der Waals surface area contributed by atoms with Crippen molar-refractivity contribution in [1.29, 1.82) is 0 Å². The summed E-state index contributed by atoms with van der Waals surface area (Å²) in [7, 11) is -3.83. The van der Waals surface area contributed by atoms with Gasteiger partial charge >= 0.3 is 0 Å². The molecule has 130 valence electrons. The van der Waals surface area contributed by atoms with Crippen molar-refractivity contribution < 1.29 is 17.6 Å². The van der Waals surface area contributed by atoms with Crippen molar-refractivity contribution in [2.45, 2.75) is 31.4 Å². The molecule has 2 aromatic rings. The van der Waals surface area contributed by atoms with E-state index in [9.17, 15) is 13.2 Å². The molecule has 24 heavy (non-hydrogen) atoms. The first-order chi connectivity index (χ1) is 11.0. The predicted octanol–water partition coefficient (Wildman–Crippen LogP) is 4.13. The Bertz CT molecular complexity index is 870. The Morgan fingerprint density at radius 2 is 1.79 bits per heavy atom. The normalized spacial score (nSPS) is 12.2. The molecule has 1 amide bonds. The largest absolute Gasteiger partial charge is 0.438 e. The summed E-state index contributed by atoms with van der Waals surface area (Å²) in [6.07, 6.45) is 0. The van der Waals surface area contributed by atoms with Crippen LogP contribution in [0.5, 0.6) is 0 Å². The lowest BCUT2D eigenvalue weighted by atomic mass is 10.1. The van der Waals surface area contributed by atoms with Crippen molar-refractivity contribution >= 4 is 53.5 Å². The van der Waals surface area contributed by atoms with E-state index in [4.69, 9.17) is 4.42 Å². The van der Waals surface area contributed by atoms with E-state index in [0.29, 0.717) is 10.2 Å². The monoisotopic (exact) mass is 478 g/mol. The molecule has 1 aromatic carbocycles. The van der Waals surface area contributed by atoms with E-state index in [1.54, 1.807) is 39.0 Å². The van der Waals surface area contributed by atoms with E-state index in [-0.39, 0.29) is 10.9 Å². The molecule has 9 heteroatoms. The zero-order valence-electron chi connectivity index (χ0n) is 13.2. The standard InChI is InChI=1S/C15H16Br2N2O4S/c1-15(2,3)19-24(21,22)13-7-6-12(23-13)14(20)18-11-5-4-9(16)8-10(11)17/h4-8,19H,1-3H3,(H,18,20). The zero-order valence-corrected chi connectivity index (χ0v) is 17.2. The second-order valence-electron chi connectivity index (χ2n) is 6.05. The average molecular weight is 480 g/mol. The third-order valence-corrected chi connectivity index (χ3v) is 5.47. The fourth-order valence-electron chi connectivity index (χ4n) is 1.81. The van der Waals surface area contributed by atoms with Crippen LogP contribution >= 0.6 is 31.9 Å². The Morgan fingerprint density at radius 3 is 2.38 bits per heavy atom. The van der Waals surface area contributed by atoms with E-state index in [1.165, 1.54) is 12.1 Å². The molecule has 0 saturated heterocycles. The second kappa shape index (κ2) is 6.99. The highest BCUT2D eigenvalue weighted by Crippen LogP contribution is 2.27. The summed E-state index contributed by atoms with van der Waals surface area (Å²) < 4.78 is 33.6. The van der Waals surface area contributed by atoms with Crippen molar-refractivity contribution in [3.05, 3.63) is 45.0 Å². The van der Waals surface area contributed by atoms with Gasteiger partial charge in [0.15, 0.2) is 5.76 Å². The third kappa shape index (κ3) is 4.92. The lowest BCUT2D eigenvalue weighted by Crippen LogP contribution is -2.40. The van der Waals surface area contributed by atoms with E-state index in [0.717, 1.165) is 4.47 Å². The molecule has 0 saturated carbocycles. The van der Waals surface area contributed by atoms with Gasteiger partial charge in [-0.05, 0) is 67.0 Å². The Balaban J connectivity index is 2.19. The summed E-state index contributed by atoms with van der Waals surface area (Å²) in [4.78, 5) is 12.2. The number of rotatable bonds is 4. The first-order valence-electron chi connectivity index (χ1n) is 6.88. The Kier molecular flexibility index (Phi) is 5.58. The van der Waals surface area contributed by atoms with Crippen LogP contribution in [-0.2, 0) is 10.0 Å². The van der Waals surface area contributed by atoms with E-state index >= 15 is 0 Å². The first-order valence-corrected chi connectivity index (χ1v) is 9.95. The van der Waals surface area contributed by atoms with Crippen molar-refractivity contribution in [2.24, 2.45) is 0 Å². The molecule has 0 unspecified atom stereocenters. The molecule has 0 aliphatic rings. The van der Waals surface area contributed by atoms with Crippen LogP contribution in [0.15, 0.2) is 48.8 Å². The van der Waals surface area contributed by atoms with Crippen molar-refractivity contribution in [3.63, 3.8) is 0 Å². The number of nitrogens with one attached hydrogen (secondary N) is 2. The lowest BCUT2D eigenvalue weighted by Gasteiger charge is -2.18. The maximum Gasteiger partial charge on any atom is 0.291 e. The quantitative estimate of drug-likeness (QED) is 0.689. The number of halogens is 2. The maximum atomic E-state index is 12.2. The van der Waals surface area contributed by atoms with Gasteiger partial charge in [-0.1, -0.05) is 15.9 Å². The first kappa shape index (κ1) is 19.2. The predicted molar refractivity (Wildman–Crippen MR) is 98.6 cm³/mol. The molecule has 1 aromatic heterocycles. The minimum atomic E-state index is -3.83. The van der Waals surface area contributed by atoms with Crippen molar-refractivity contribution in [3.8, 4) is 0 Å². The summed E-state index contributed by atoms with van der Waals surface area (Å²) in [6, 6.07) is 7.82. The van der Waals surface area contributed by atoms with E-state index in [2.05, 4.69) is 41.9 Å². The van der Waals surface area contributed by atoms with Crippen LogP contribution in [0.25, 0.3) is 0 Å². The molecule has 0 spiro atoms. The molecule has 0 atom stereocenters. The highest BCUT2D eigenvalue weighted by atomic mass is 79.9. The van der Waals surface area contributed by atoms with Gasteiger partial charge in [-0.3, -0.25) is 4.79 Å². The Morgan fingerprint density at radius 1 is 1.12 bits per heavy atom. The van der Waals surface area contributed by atoms with Crippen LogP contribution in [0.2, 0.25) is 0 Å². The fraction of sp³-hybridized carbons (Fsp3) is 0.267. The Labute approximate surface area is 157 Å². The molecule has 2 rings (SSSR count). The second-order valence-corrected chi connectivity index (χ2v) is 9.44. The number of hydrogen-bond donors (Lipinski definition) is 2. The molecule has 0 radical (unpaired) electrons. The summed E-state index contributed by atoms with van der Waals surface area (Å²) >= 11 is 6.66. The smallest absolute Gasteiger partial charge is 0.291 e. The van der Waals surface area contributed by atoms with Gasteiger partial charge in [0.1, 0.15) is 0 Å². The zero-order chi connectivity index (χ0) is 18.1. The minimum Gasteiger partial charge on any atom is -0.438 e. The number of furan rings is 1. The number of hydrogen-bond acceptors (Lipinski definition) is 4. The molecular weight excluding hydrogens is 464 g/mol.